The summed E-state index contributed by atoms with van der Waals surface area (Å²) in [7, 11) is 0. The first-order valence-corrected chi connectivity index (χ1v) is 11.7. The molecule has 12 heteroatoms. The minimum atomic E-state index is -0.673. The molecule has 0 bridgehead atoms. The molecule has 0 aliphatic carbocycles. The number of aromatic nitrogens is 7. The van der Waals surface area contributed by atoms with Gasteiger partial charge >= 0.3 is 0 Å². The van der Waals surface area contributed by atoms with Crippen LogP contribution in [0.2, 0.25) is 5.02 Å². The van der Waals surface area contributed by atoms with Gasteiger partial charge in [-0.2, -0.15) is 5.10 Å². The third-order valence-corrected chi connectivity index (χ3v) is 6.17. The van der Waals surface area contributed by atoms with Crippen molar-refractivity contribution in [1.82, 2.24) is 34.6 Å². The molecule has 5 aromatic rings. The molecule has 0 fully saturated rings. The molecule has 3 heterocycles. The van der Waals surface area contributed by atoms with Crippen LogP contribution in [0, 0.1) is 0 Å². The van der Waals surface area contributed by atoms with Crippen LogP contribution in [0.4, 0.5) is 5.82 Å². The Kier molecular flexibility index (Phi) is 6.52. The van der Waals surface area contributed by atoms with Crippen molar-refractivity contribution in [2.75, 3.05) is 5.73 Å². The molecule has 0 saturated carbocycles. The molecule has 2 aromatic carbocycles. The van der Waals surface area contributed by atoms with Gasteiger partial charge in [-0.15, -0.1) is 5.10 Å². The van der Waals surface area contributed by atoms with Crippen molar-refractivity contribution in [2.45, 2.75) is 19.5 Å². The predicted octanol–water partition coefficient (Wildman–Crippen LogP) is 2.04. The molecule has 1 amide bonds. The number of nitrogens with two attached hydrogens (primary N) is 2. The normalized spacial score (nSPS) is 11.1. The maximum atomic E-state index is 12.3. The summed E-state index contributed by atoms with van der Waals surface area (Å²) < 4.78 is 4.81. The van der Waals surface area contributed by atoms with Crippen molar-refractivity contribution in [3.05, 3.63) is 117 Å². The second-order valence-corrected chi connectivity index (χ2v) is 8.85. The Bertz CT molecular complexity index is 1620. The number of anilines is 1. The molecular weight excluding hydrogens is 494 g/mol. The predicted molar refractivity (Wildman–Crippen MR) is 137 cm³/mol. The van der Waals surface area contributed by atoms with E-state index in [1.54, 1.807) is 39.7 Å². The number of carbonyl (C=O) groups is 1. The number of nitrogen functional groups attached to an aromatic ring is 1. The first-order chi connectivity index (χ1) is 17.9. The van der Waals surface area contributed by atoms with E-state index >= 15 is 0 Å². The molecule has 186 valence electrons. The zero-order valence-electron chi connectivity index (χ0n) is 19.5. The number of nitrogens with zero attached hydrogens (tertiary/aromatic N) is 7. The van der Waals surface area contributed by atoms with E-state index in [9.17, 15) is 9.59 Å². The Labute approximate surface area is 215 Å². The summed E-state index contributed by atoms with van der Waals surface area (Å²) in [4.78, 5) is 24.3. The van der Waals surface area contributed by atoms with Crippen molar-refractivity contribution < 1.29 is 4.79 Å². The Hall–Kier alpha value is -4.77. The van der Waals surface area contributed by atoms with Gasteiger partial charge in [0.1, 0.15) is 11.9 Å². The third-order valence-electron chi connectivity index (χ3n) is 5.93. The largest absolute Gasteiger partial charge is 0.382 e. The maximum Gasteiger partial charge on any atom is 0.254 e. The van der Waals surface area contributed by atoms with Gasteiger partial charge in [0.2, 0.25) is 0 Å². The van der Waals surface area contributed by atoms with Crippen LogP contribution in [0.25, 0.3) is 5.69 Å². The van der Waals surface area contributed by atoms with Crippen LogP contribution in [-0.4, -0.2) is 40.5 Å². The van der Waals surface area contributed by atoms with Crippen LogP contribution in [0.3, 0.4) is 0 Å². The molecule has 3 aromatic heterocycles. The van der Waals surface area contributed by atoms with E-state index in [1.807, 2.05) is 30.3 Å². The van der Waals surface area contributed by atoms with Gasteiger partial charge in [-0.3, -0.25) is 14.3 Å². The van der Waals surface area contributed by atoms with Gasteiger partial charge in [-0.1, -0.05) is 41.9 Å². The number of rotatable bonds is 8. The van der Waals surface area contributed by atoms with Crippen LogP contribution >= 0.6 is 11.6 Å². The minimum absolute atomic E-state index is 0.0496. The first-order valence-electron chi connectivity index (χ1n) is 11.3. The van der Waals surface area contributed by atoms with E-state index in [1.165, 1.54) is 17.1 Å². The van der Waals surface area contributed by atoms with E-state index in [0.29, 0.717) is 29.5 Å². The molecular formula is C25H22ClN9O2. The van der Waals surface area contributed by atoms with E-state index in [-0.39, 0.29) is 23.4 Å². The highest BCUT2D eigenvalue weighted by Crippen LogP contribution is 2.26. The molecule has 11 nitrogen and oxygen atoms in total. The third kappa shape index (κ3) is 5.11. The topological polar surface area (TPSA) is 153 Å². The first kappa shape index (κ1) is 23.9. The summed E-state index contributed by atoms with van der Waals surface area (Å²) >= 11 is 6.28. The maximum absolute atomic E-state index is 12.3. The molecule has 0 aliphatic rings. The summed E-state index contributed by atoms with van der Waals surface area (Å²) in [6, 6.07) is 18.1. The highest BCUT2D eigenvalue weighted by molar-refractivity contribution is 6.30. The molecule has 5 rings (SSSR count). The number of hydrogen-bond acceptors (Lipinski definition) is 7. The summed E-state index contributed by atoms with van der Waals surface area (Å²) in [6.07, 6.45) is 3.48. The fraction of sp³-hybridized carbons (Fsp3) is 0.120. The lowest BCUT2D eigenvalue weighted by molar-refractivity contribution is 0.1000. The average molecular weight is 516 g/mol. The highest BCUT2D eigenvalue weighted by Gasteiger charge is 2.22. The quantitative estimate of drug-likeness (QED) is 0.320. The van der Waals surface area contributed by atoms with Crippen molar-refractivity contribution in [3.63, 3.8) is 0 Å². The lowest BCUT2D eigenvalue weighted by Gasteiger charge is -2.13. The van der Waals surface area contributed by atoms with Crippen LogP contribution in [0.5, 0.6) is 0 Å². The van der Waals surface area contributed by atoms with Crippen LogP contribution in [-0.2, 0) is 19.5 Å². The standard InChI is InChI=1S/C25H22ClN9O2/c26-19-8-9-20(35-15-29-31-32-35)18(11-19)12-21-23(25(28)37)24(27)30-34(21)14-17-6-4-16(5-7-17)13-33-10-2-1-3-22(33)36/h1-11,15H,12-14H2,(H2,27,30)(H2,28,37). The number of carbonyl (C=O) groups excluding carboxylic acids is 1. The van der Waals surface area contributed by atoms with Gasteiger partial charge in [-0.05, 0) is 51.4 Å². The fourth-order valence-electron chi connectivity index (χ4n) is 4.18. The van der Waals surface area contributed by atoms with E-state index in [4.69, 9.17) is 23.1 Å². The van der Waals surface area contributed by atoms with Crippen LogP contribution in [0.15, 0.2) is 78.0 Å². The van der Waals surface area contributed by atoms with Gasteiger partial charge < -0.3 is 16.0 Å². The molecule has 0 radical (unpaired) electrons. The number of primary amides is 1. The second kappa shape index (κ2) is 10.1. The van der Waals surface area contributed by atoms with E-state index in [2.05, 4.69) is 20.6 Å². The Balaban J connectivity index is 1.46. The van der Waals surface area contributed by atoms with Crippen molar-refractivity contribution in [3.8, 4) is 5.69 Å². The lowest BCUT2D eigenvalue weighted by Crippen LogP contribution is -2.18. The average Bonchev–Trinajstić information content (AvgIpc) is 3.50. The SMILES string of the molecule is NC(=O)c1c(N)nn(Cc2ccc(Cn3ccccc3=O)cc2)c1Cc1cc(Cl)ccc1-n1cnnn1. The fourth-order valence-corrected chi connectivity index (χ4v) is 4.37. The van der Waals surface area contributed by atoms with Crippen molar-refractivity contribution in [2.24, 2.45) is 5.73 Å². The van der Waals surface area contributed by atoms with Crippen molar-refractivity contribution in [1.29, 1.82) is 0 Å². The number of halogens is 1. The molecule has 4 N–H and O–H groups in total. The van der Waals surface area contributed by atoms with Crippen LogP contribution < -0.4 is 17.0 Å². The zero-order valence-corrected chi connectivity index (χ0v) is 20.3. The van der Waals surface area contributed by atoms with E-state index in [0.717, 1.165) is 16.7 Å². The minimum Gasteiger partial charge on any atom is -0.382 e. The summed E-state index contributed by atoms with van der Waals surface area (Å²) in [5.41, 5.74) is 15.8. The number of amides is 1. The number of pyridine rings is 1. The molecule has 0 atom stereocenters. The Morgan fingerprint density at radius 3 is 2.43 bits per heavy atom. The summed E-state index contributed by atoms with van der Waals surface area (Å²) in [5, 5.41) is 16.3. The van der Waals surface area contributed by atoms with Gasteiger partial charge in [0.05, 0.1) is 24.5 Å². The van der Waals surface area contributed by atoms with Gasteiger partial charge in [-0.25, -0.2) is 4.68 Å². The lowest BCUT2D eigenvalue weighted by atomic mass is 10.0. The monoisotopic (exact) mass is 515 g/mol. The van der Waals surface area contributed by atoms with Crippen molar-refractivity contribution >= 4 is 23.3 Å². The highest BCUT2D eigenvalue weighted by atomic mass is 35.5. The van der Waals surface area contributed by atoms with Gasteiger partial charge in [0.25, 0.3) is 11.5 Å². The molecule has 0 aliphatic heterocycles. The molecule has 37 heavy (non-hydrogen) atoms. The van der Waals surface area contributed by atoms with E-state index < -0.39 is 5.91 Å². The van der Waals surface area contributed by atoms with Crippen LogP contribution in [0.1, 0.15) is 32.7 Å². The number of hydrogen-bond donors (Lipinski definition) is 2. The molecule has 0 saturated heterocycles. The summed E-state index contributed by atoms with van der Waals surface area (Å²) in [5.74, 6) is -0.623. The smallest absolute Gasteiger partial charge is 0.254 e. The molecule has 0 spiro atoms. The van der Waals surface area contributed by atoms with Gasteiger partial charge in [0.15, 0.2) is 5.82 Å². The Morgan fingerprint density at radius 1 is 1.00 bits per heavy atom. The zero-order chi connectivity index (χ0) is 25.9. The number of benzene rings is 2. The Morgan fingerprint density at radius 2 is 1.76 bits per heavy atom. The summed E-state index contributed by atoms with van der Waals surface area (Å²) in [6.45, 7) is 0.805. The number of tetrazole rings is 1. The van der Waals surface area contributed by atoms with Gasteiger partial charge in [0, 0.05) is 23.7 Å². The molecule has 0 unspecified atom stereocenters. The second-order valence-electron chi connectivity index (χ2n) is 8.42.